The fraction of sp³-hybridized carbons (Fsp3) is 0.458. The predicted molar refractivity (Wildman–Crippen MR) is 125 cm³/mol. The zero-order valence-corrected chi connectivity index (χ0v) is 20.0. The third-order valence-corrected chi connectivity index (χ3v) is 7.36. The Labute approximate surface area is 195 Å². The van der Waals surface area contributed by atoms with E-state index < -0.39 is 16.1 Å². The molecule has 0 bridgehead atoms. The Bertz CT molecular complexity index is 987. The van der Waals surface area contributed by atoms with Crippen molar-refractivity contribution < 1.29 is 27.4 Å². The van der Waals surface area contributed by atoms with Gasteiger partial charge >= 0.3 is 0 Å². The van der Waals surface area contributed by atoms with E-state index in [1.54, 1.807) is 59.9 Å². The van der Waals surface area contributed by atoms with Crippen molar-refractivity contribution in [2.75, 3.05) is 33.4 Å². The molecule has 180 valence electrons. The van der Waals surface area contributed by atoms with Crippen LogP contribution >= 0.6 is 0 Å². The highest BCUT2D eigenvalue weighted by atomic mass is 32.2. The molecule has 1 aliphatic rings. The maximum absolute atomic E-state index is 12.7. The van der Waals surface area contributed by atoms with Crippen LogP contribution in [0.15, 0.2) is 53.4 Å². The summed E-state index contributed by atoms with van der Waals surface area (Å²) in [7, 11) is -1.87. The van der Waals surface area contributed by atoms with Crippen LogP contribution in [0.2, 0.25) is 0 Å². The molecule has 0 saturated carbocycles. The topological polar surface area (TPSA) is 94.2 Å². The van der Waals surface area contributed by atoms with Crippen molar-refractivity contribution in [3.05, 3.63) is 48.5 Å². The van der Waals surface area contributed by atoms with Gasteiger partial charge in [-0.05, 0) is 67.8 Å². The molecule has 0 spiro atoms. The van der Waals surface area contributed by atoms with E-state index in [2.05, 4.69) is 5.32 Å². The third kappa shape index (κ3) is 6.85. The largest absolute Gasteiger partial charge is 0.497 e. The lowest BCUT2D eigenvalue weighted by Crippen LogP contribution is -2.39. The van der Waals surface area contributed by atoms with Gasteiger partial charge in [0.1, 0.15) is 23.9 Å². The van der Waals surface area contributed by atoms with Crippen molar-refractivity contribution in [3.8, 4) is 17.2 Å². The number of piperidine rings is 1. The van der Waals surface area contributed by atoms with Crippen LogP contribution in [0.1, 0.15) is 32.6 Å². The maximum atomic E-state index is 12.7. The number of sulfonamides is 1. The van der Waals surface area contributed by atoms with E-state index in [0.29, 0.717) is 43.3 Å². The molecular formula is C24H32N2O6S. The summed E-state index contributed by atoms with van der Waals surface area (Å²) in [5.41, 5.74) is 0. The second kappa shape index (κ2) is 11.9. The van der Waals surface area contributed by atoms with Crippen LogP contribution in [0.5, 0.6) is 17.2 Å². The molecule has 0 radical (unpaired) electrons. The Morgan fingerprint density at radius 3 is 2.18 bits per heavy atom. The van der Waals surface area contributed by atoms with Gasteiger partial charge in [-0.3, -0.25) is 4.79 Å². The Morgan fingerprint density at radius 1 is 0.970 bits per heavy atom. The summed E-state index contributed by atoms with van der Waals surface area (Å²) < 4.78 is 43.5. The van der Waals surface area contributed by atoms with Crippen molar-refractivity contribution in [1.82, 2.24) is 9.62 Å². The van der Waals surface area contributed by atoms with Crippen LogP contribution in [0.4, 0.5) is 0 Å². The van der Waals surface area contributed by atoms with Crippen molar-refractivity contribution in [1.29, 1.82) is 0 Å². The van der Waals surface area contributed by atoms with Crippen molar-refractivity contribution in [2.24, 2.45) is 0 Å². The Hall–Kier alpha value is -2.78. The first kappa shape index (κ1) is 24.9. The van der Waals surface area contributed by atoms with E-state index >= 15 is 0 Å². The molecule has 0 aliphatic carbocycles. The summed E-state index contributed by atoms with van der Waals surface area (Å²) in [6.45, 7) is 3.57. The second-order valence-corrected chi connectivity index (χ2v) is 9.70. The van der Waals surface area contributed by atoms with E-state index in [1.165, 1.54) is 0 Å². The number of hydrogen-bond acceptors (Lipinski definition) is 6. The van der Waals surface area contributed by atoms with Crippen LogP contribution in [-0.4, -0.2) is 58.1 Å². The zero-order chi connectivity index (χ0) is 23.7. The monoisotopic (exact) mass is 476 g/mol. The number of carbonyl (C=O) groups excluding carboxylic acids is 1. The van der Waals surface area contributed by atoms with Gasteiger partial charge in [-0.2, -0.15) is 4.31 Å². The Balaban J connectivity index is 1.44. The smallest absolute Gasteiger partial charge is 0.261 e. The van der Waals surface area contributed by atoms with Gasteiger partial charge in [0.25, 0.3) is 5.91 Å². The van der Waals surface area contributed by atoms with Gasteiger partial charge in [0.15, 0.2) is 6.10 Å². The molecule has 9 heteroatoms. The van der Waals surface area contributed by atoms with Crippen LogP contribution in [-0.2, 0) is 14.8 Å². The molecule has 0 aromatic heterocycles. The molecule has 1 aliphatic heterocycles. The minimum atomic E-state index is -3.46. The minimum Gasteiger partial charge on any atom is -0.497 e. The number of amides is 1. The lowest BCUT2D eigenvalue weighted by molar-refractivity contribution is -0.128. The minimum absolute atomic E-state index is 0.222. The number of benzene rings is 2. The predicted octanol–water partition coefficient (Wildman–Crippen LogP) is 3.22. The molecule has 1 N–H and O–H groups in total. The summed E-state index contributed by atoms with van der Waals surface area (Å²) in [6.07, 6.45) is 2.78. The molecule has 3 rings (SSSR count). The fourth-order valence-electron chi connectivity index (χ4n) is 3.56. The van der Waals surface area contributed by atoms with E-state index in [1.807, 2.05) is 6.92 Å². The van der Waals surface area contributed by atoms with Gasteiger partial charge in [-0.25, -0.2) is 8.42 Å². The molecule has 33 heavy (non-hydrogen) atoms. The number of nitrogens with one attached hydrogen (secondary N) is 1. The highest BCUT2D eigenvalue weighted by Gasteiger charge is 2.25. The van der Waals surface area contributed by atoms with Gasteiger partial charge in [-0.15, -0.1) is 0 Å². The maximum Gasteiger partial charge on any atom is 0.261 e. The zero-order valence-electron chi connectivity index (χ0n) is 19.2. The number of methoxy groups -OCH3 is 1. The Morgan fingerprint density at radius 2 is 1.58 bits per heavy atom. The van der Waals surface area contributed by atoms with Crippen molar-refractivity contribution in [2.45, 2.75) is 43.6 Å². The van der Waals surface area contributed by atoms with E-state index in [0.717, 1.165) is 19.3 Å². The first-order valence-corrected chi connectivity index (χ1v) is 12.7. The highest BCUT2D eigenvalue weighted by Crippen LogP contribution is 2.23. The number of carbonyl (C=O) groups is 1. The van der Waals surface area contributed by atoms with Crippen LogP contribution in [0.3, 0.4) is 0 Å². The first-order chi connectivity index (χ1) is 15.9. The summed E-state index contributed by atoms with van der Waals surface area (Å²) in [6, 6.07) is 13.5. The van der Waals surface area contributed by atoms with Gasteiger partial charge in [0.05, 0.1) is 18.6 Å². The van der Waals surface area contributed by atoms with Gasteiger partial charge in [0.2, 0.25) is 10.0 Å². The molecule has 1 heterocycles. The summed E-state index contributed by atoms with van der Waals surface area (Å²) in [4.78, 5) is 12.7. The normalized spacial score (nSPS) is 15.5. The third-order valence-electron chi connectivity index (χ3n) is 5.45. The number of nitrogens with zero attached hydrogens (tertiary/aromatic N) is 1. The summed E-state index contributed by atoms with van der Waals surface area (Å²) >= 11 is 0. The number of hydrogen-bond donors (Lipinski definition) is 1. The van der Waals surface area contributed by atoms with Gasteiger partial charge < -0.3 is 19.5 Å². The molecule has 1 atom stereocenters. The van der Waals surface area contributed by atoms with Crippen LogP contribution in [0, 0.1) is 0 Å². The molecule has 2 aromatic carbocycles. The van der Waals surface area contributed by atoms with Gasteiger partial charge in [-0.1, -0.05) is 13.3 Å². The number of rotatable bonds is 11. The second-order valence-electron chi connectivity index (χ2n) is 7.77. The van der Waals surface area contributed by atoms with Crippen LogP contribution in [0.25, 0.3) is 0 Å². The Kier molecular flexibility index (Phi) is 8.96. The van der Waals surface area contributed by atoms with E-state index in [9.17, 15) is 13.2 Å². The van der Waals surface area contributed by atoms with Gasteiger partial charge in [0, 0.05) is 13.1 Å². The van der Waals surface area contributed by atoms with Crippen molar-refractivity contribution in [3.63, 3.8) is 0 Å². The van der Waals surface area contributed by atoms with E-state index in [4.69, 9.17) is 14.2 Å². The molecule has 8 nitrogen and oxygen atoms in total. The molecule has 0 unspecified atom stereocenters. The number of ether oxygens (including phenoxy) is 3. The average Bonchev–Trinajstić information content (AvgIpc) is 2.86. The van der Waals surface area contributed by atoms with Crippen LogP contribution < -0.4 is 19.5 Å². The first-order valence-electron chi connectivity index (χ1n) is 11.3. The molecule has 2 aromatic rings. The van der Waals surface area contributed by atoms with E-state index in [-0.39, 0.29) is 17.4 Å². The molecular weight excluding hydrogens is 444 g/mol. The SMILES string of the molecule is CC[C@@H](Oc1ccc(OC)cc1)C(=O)NCCOc1ccc(S(=O)(=O)N2CCCCC2)cc1. The highest BCUT2D eigenvalue weighted by molar-refractivity contribution is 7.89. The fourth-order valence-corrected chi connectivity index (χ4v) is 5.08. The molecule has 1 fully saturated rings. The lowest BCUT2D eigenvalue weighted by atomic mass is 10.2. The standard InChI is InChI=1S/C24H32N2O6S/c1-3-23(32-21-9-7-19(30-2)8-10-21)24(27)25-15-18-31-20-11-13-22(14-12-20)33(28,29)26-16-5-4-6-17-26/h7-14,23H,3-6,15-18H2,1-2H3,(H,25,27)/t23-/m1/s1. The quantitative estimate of drug-likeness (QED) is 0.501. The molecule has 1 amide bonds. The summed E-state index contributed by atoms with van der Waals surface area (Å²) in [5, 5.41) is 2.81. The lowest BCUT2D eigenvalue weighted by Gasteiger charge is -2.25. The average molecular weight is 477 g/mol. The summed E-state index contributed by atoms with van der Waals surface area (Å²) in [5.74, 6) is 1.63. The van der Waals surface area contributed by atoms with Crippen molar-refractivity contribution >= 4 is 15.9 Å². The molecule has 1 saturated heterocycles.